The van der Waals surface area contributed by atoms with Crippen LogP contribution in [-0.4, -0.2) is 13.2 Å². The van der Waals surface area contributed by atoms with Crippen molar-refractivity contribution in [1.82, 2.24) is 0 Å². The van der Waals surface area contributed by atoms with E-state index in [4.69, 9.17) is 9.47 Å². The first kappa shape index (κ1) is 18.6. The molecular formula is C29H20O2S2. The second kappa shape index (κ2) is 6.64. The summed E-state index contributed by atoms with van der Waals surface area (Å²) in [6.45, 7) is 1.40. The first-order valence-electron chi connectivity index (χ1n) is 11.5. The Morgan fingerprint density at radius 3 is 2.27 bits per heavy atom. The summed E-state index contributed by atoms with van der Waals surface area (Å²) in [5, 5.41) is 10.2. The van der Waals surface area contributed by atoms with Crippen molar-refractivity contribution in [2.45, 2.75) is 18.6 Å². The zero-order valence-electron chi connectivity index (χ0n) is 17.9. The predicted octanol–water partition coefficient (Wildman–Crippen LogP) is 7.72. The van der Waals surface area contributed by atoms with Gasteiger partial charge in [0.05, 0.1) is 23.0 Å². The van der Waals surface area contributed by atoms with Crippen molar-refractivity contribution < 1.29 is 9.47 Å². The van der Waals surface area contributed by atoms with E-state index in [1.807, 2.05) is 11.3 Å². The summed E-state index contributed by atoms with van der Waals surface area (Å²) in [5.41, 5.74) is 4.04. The third-order valence-corrected chi connectivity index (χ3v) is 9.63. The second-order valence-corrected chi connectivity index (χ2v) is 11.0. The Morgan fingerprint density at radius 2 is 1.42 bits per heavy atom. The van der Waals surface area contributed by atoms with Gasteiger partial charge in [-0.15, -0.1) is 22.7 Å². The first-order chi connectivity index (χ1) is 16.3. The highest BCUT2D eigenvalue weighted by molar-refractivity contribution is 7.16. The molecule has 0 saturated carbocycles. The number of hydrogen-bond donors (Lipinski definition) is 0. The van der Waals surface area contributed by atoms with Crippen LogP contribution in [0.3, 0.4) is 0 Å². The van der Waals surface area contributed by atoms with Crippen LogP contribution in [-0.2, 0) is 28.1 Å². The Morgan fingerprint density at radius 1 is 0.697 bits per heavy atom. The van der Waals surface area contributed by atoms with Gasteiger partial charge < -0.3 is 9.47 Å². The lowest BCUT2D eigenvalue weighted by Crippen LogP contribution is -2.41. The molecule has 0 aliphatic carbocycles. The number of ether oxygens (including phenoxy) is 2. The Hall–Kier alpha value is -2.76. The maximum atomic E-state index is 6.45. The molecule has 1 atom stereocenters. The fraction of sp³-hybridized carbons (Fsp3) is 0.172. The molecule has 0 saturated heterocycles. The minimum absolute atomic E-state index is 0.693. The molecule has 33 heavy (non-hydrogen) atoms. The number of fused-ring (bicyclic) bond motifs is 4. The summed E-state index contributed by atoms with van der Waals surface area (Å²) in [4.78, 5) is 3.77. The minimum atomic E-state index is -0.720. The van der Waals surface area contributed by atoms with Crippen molar-refractivity contribution in [3.63, 3.8) is 0 Å². The summed E-state index contributed by atoms with van der Waals surface area (Å²) in [6.07, 6.45) is 1.90. The van der Waals surface area contributed by atoms with Gasteiger partial charge in [0.15, 0.2) is 0 Å². The standard InChI is InChI=1S/C29H20O2S2/c1-2-17-4-5-19-6-8-22(23-9-7-18(3-1)25(17)26(19)23)24-16-21-11-14-31-29(28(21)33-24)27-20(10-13-30-29)12-15-32-27/h1-9,12,15-16H,10-11,13-14H2. The summed E-state index contributed by atoms with van der Waals surface area (Å²) in [6, 6.07) is 24.9. The van der Waals surface area contributed by atoms with Gasteiger partial charge in [-0.25, -0.2) is 0 Å². The minimum Gasteiger partial charge on any atom is -0.341 e. The third kappa shape index (κ3) is 2.44. The number of thiophene rings is 2. The molecule has 0 bridgehead atoms. The Bertz CT molecular complexity index is 1670. The highest BCUT2D eigenvalue weighted by Gasteiger charge is 2.47. The van der Waals surface area contributed by atoms with Crippen molar-refractivity contribution in [2.24, 2.45) is 0 Å². The summed E-state index contributed by atoms with van der Waals surface area (Å²) < 4.78 is 12.9. The van der Waals surface area contributed by atoms with E-state index in [0.717, 1.165) is 12.8 Å². The quantitative estimate of drug-likeness (QED) is 0.232. The van der Waals surface area contributed by atoms with Crippen LogP contribution in [0.1, 0.15) is 20.9 Å². The SMILES string of the molecule is c1cc2ccc3ccc(-c4cc5c(s4)C4(OCCc6ccsc64)OCC5)c4ccc(c1)c2c34. The largest absolute Gasteiger partial charge is 0.341 e. The van der Waals surface area contributed by atoms with Crippen LogP contribution >= 0.6 is 22.7 Å². The van der Waals surface area contributed by atoms with Gasteiger partial charge in [-0.3, -0.25) is 0 Å². The fourth-order valence-electron chi connectivity index (χ4n) is 5.81. The van der Waals surface area contributed by atoms with E-state index in [-0.39, 0.29) is 0 Å². The van der Waals surface area contributed by atoms with Crippen molar-refractivity contribution >= 4 is 55.0 Å². The van der Waals surface area contributed by atoms with E-state index in [1.54, 1.807) is 11.3 Å². The van der Waals surface area contributed by atoms with Crippen molar-refractivity contribution in [3.05, 3.63) is 93.0 Å². The van der Waals surface area contributed by atoms with E-state index in [2.05, 4.69) is 72.1 Å². The van der Waals surface area contributed by atoms with E-state index >= 15 is 0 Å². The van der Waals surface area contributed by atoms with Gasteiger partial charge in [-0.1, -0.05) is 54.6 Å². The third-order valence-electron chi connectivity index (χ3n) is 7.30. The molecule has 2 aromatic heterocycles. The van der Waals surface area contributed by atoms with Gasteiger partial charge >= 0.3 is 0 Å². The zero-order chi connectivity index (χ0) is 21.6. The zero-order valence-corrected chi connectivity index (χ0v) is 19.5. The van der Waals surface area contributed by atoms with Crippen LogP contribution in [0.5, 0.6) is 0 Å². The Labute approximate surface area is 199 Å². The molecule has 4 heterocycles. The lowest BCUT2D eigenvalue weighted by molar-refractivity contribution is -0.225. The molecule has 1 spiro atoms. The van der Waals surface area contributed by atoms with Gasteiger partial charge in [-0.05, 0) is 79.4 Å². The lowest BCUT2D eigenvalue weighted by atomic mass is 9.91. The van der Waals surface area contributed by atoms with Crippen LogP contribution in [0, 0.1) is 0 Å². The van der Waals surface area contributed by atoms with E-state index in [1.165, 1.54) is 63.6 Å². The molecule has 4 aromatic carbocycles. The molecule has 160 valence electrons. The van der Waals surface area contributed by atoms with Crippen molar-refractivity contribution in [3.8, 4) is 10.4 Å². The molecule has 0 fully saturated rings. The van der Waals surface area contributed by atoms with Crippen molar-refractivity contribution in [2.75, 3.05) is 13.2 Å². The Balaban J connectivity index is 1.39. The number of hydrogen-bond acceptors (Lipinski definition) is 4. The maximum Gasteiger partial charge on any atom is 0.241 e. The van der Waals surface area contributed by atoms with Crippen LogP contribution in [0.4, 0.5) is 0 Å². The van der Waals surface area contributed by atoms with E-state index < -0.39 is 5.79 Å². The maximum absolute atomic E-state index is 6.45. The molecule has 2 aliphatic rings. The van der Waals surface area contributed by atoms with Gasteiger partial charge in [0.2, 0.25) is 5.79 Å². The van der Waals surface area contributed by atoms with Crippen LogP contribution in [0.15, 0.2) is 72.1 Å². The summed E-state index contributed by atoms with van der Waals surface area (Å²) in [5.74, 6) is -0.720. The molecular weight excluding hydrogens is 444 g/mol. The molecule has 1 unspecified atom stereocenters. The smallest absolute Gasteiger partial charge is 0.241 e. The highest BCUT2D eigenvalue weighted by Crippen LogP contribution is 2.51. The van der Waals surface area contributed by atoms with Gasteiger partial charge in [0, 0.05) is 4.88 Å². The van der Waals surface area contributed by atoms with Crippen LogP contribution < -0.4 is 0 Å². The predicted molar refractivity (Wildman–Crippen MR) is 138 cm³/mol. The number of benzene rings is 4. The van der Waals surface area contributed by atoms with Crippen LogP contribution in [0.2, 0.25) is 0 Å². The summed E-state index contributed by atoms with van der Waals surface area (Å²) >= 11 is 3.61. The van der Waals surface area contributed by atoms with Gasteiger partial charge in [0.25, 0.3) is 0 Å². The fourth-order valence-corrected chi connectivity index (χ4v) is 8.30. The molecule has 0 radical (unpaired) electrons. The molecule has 0 N–H and O–H groups in total. The molecule has 2 aliphatic heterocycles. The highest BCUT2D eigenvalue weighted by atomic mass is 32.1. The first-order valence-corrected chi connectivity index (χ1v) is 13.2. The second-order valence-electron chi connectivity index (χ2n) is 9.02. The van der Waals surface area contributed by atoms with Crippen LogP contribution in [0.25, 0.3) is 42.8 Å². The molecule has 0 amide bonds. The molecule has 2 nitrogen and oxygen atoms in total. The number of rotatable bonds is 1. The normalized spacial score (nSPS) is 20.1. The van der Waals surface area contributed by atoms with Crippen molar-refractivity contribution in [1.29, 1.82) is 0 Å². The average molecular weight is 465 g/mol. The molecule has 8 rings (SSSR count). The molecule has 4 heteroatoms. The average Bonchev–Trinajstić information content (AvgIpc) is 3.51. The monoisotopic (exact) mass is 464 g/mol. The molecule has 6 aromatic rings. The van der Waals surface area contributed by atoms with E-state index in [0.29, 0.717) is 13.2 Å². The summed E-state index contributed by atoms with van der Waals surface area (Å²) in [7, 11) is 0. The van der Waals surface area contributed by atoms with E-state index in [9.17, 15) is 0 Å². The van der Waals surface area contributed by atoms with Gasteiger partial charge in [-0.2, -0.15) is 0 Å². The Kier molecular flexibility index (Phi) is 3.75. The lowest BCUT2D eigenvalue weighted by Gasteiger charge is -2.39. The van der Waals surface area contributed by atoms with Gasteiger partial charge in [0.1, 0.15) is 0 Å². The topological polar surface area (TPSA) is 18.5 Å².